The number of unbranched alkanes of at least 4 members (excludes halogenated alkanes) is 1. The Kier molecular flexibility index (Phi) is 8.04. The molecule has 0 aromatic heterocycles. The lowest BCUT2D eigenvalue weighted by Gasteiger charge is -2.14. The molecule has 0 aliphatic rings. The standard InChI is InChI=1S/C17H25NO4/c1-13(2)22-17(19)15(12-18-20)6-4-5-11-21-16-9-7-14(3)8-10-16/h7-10,12-13,15,20H,4-6,11H2,1-3H3/b18-12-. The first-order valence-corrected chi connectivity index (χ1v) is 7.60. The Balaban J connectivity index is 2.28. The van der Waals surface area contributed by atoms with Gasteiger partial charge in [-0.15, -0.1) is 5.16 Å². The van der Waals surface area contributed by atoms with Crippen molar-refractivity contribution >= 4 is 12.2 Å². The third-order valence-electron chi connectivity index (χ3n) is 3.10. The van der Waals surface area contributed by atoms with E-state index in [9.17, 15) is 4.79 Å². The molecule has 0 amide bonds. The van der Waals surface area contributed by atoms with E-state index in [1.165, 1.54) is 11.8 Å². The first-order chi connectivity index (χ1) is 10.5. The number of aryl methyl sites for hydroxylation is 1. The number of esters is 1. The van der Waals surface area contributed by atoms with Gasteiger partial charge in [-0.3, -0.25) is 4.79 Å². The first-order valence-electron chi connectivity index (χ1n) is 7.60. The van der Waals surface area contributed by atoms with Gasteiger partial charge in [0.2, 0.25) is 0 Å². The van der Waals surface area contributed by atoms with Gasteiger partial charge in [0.25, 0.3) is 0 Å². The maximum absolute atomic E-state index is 11.8. The molecule has 0 saturated heterocycles. The van der Waals surface area contributed by atoms with Crippen LogP contribution in [0, 0.1) is 12.8 Å². The molecule has 5 heteroatoms. The van der Waals surface area contributed by atoms with Crippen molar-refractivity contribution in [3.05, 3.63) is 29.8 Å². The molecular weight excluding hydrogens is 282 g/mol. The van der Waals surface area contributed by atoms with Gasteiger partial charge < -0.3 is 14.7 Å². The predicted octanol–water partition coefficient (Wildman–Crippen LogP) is 3.57. The summed E-state index contributed by atoms with van der Waals surface area (Å²) >= 11 is 0. The SMILES string of the molecule is Cc1ccc(OCCCCC(/C=N\O)C(=O)OC(C)C)cc1. The number of ether oxygens (including phenoxy) is 2. The monoisotopic (exact) mass is 307 g/mol. The van der Waals surface area contributed by atoms with Gasteiger partial charge in [0.1, 0.15) is 5.75 Å². The van der Waals surface area contributed by atoms with Crippen molar-refractivity contribution in [1.82, 2.24) is 0 Å². The maximum Gasteiger partial charge on any atom is 0.314 e. The van der Waals surface area contributed by atoms with Crippen LogP contribution in [0.3, 0.4) is 0 Å². The fourth-order valence-corrected chi connectivity index (χ4v) is 1.94. The molecule has 0 spiro atoms. The van der Waals surface area contributed by atoms with E-state index in [-0.39, 0.29) is 12.1 Å². The highest BCUT2D eigenvalue weighted by atomic mass is 16.5. The molecule has 5 nitrogen and oxygen atoms in total. The predicted molar refractivity (Wildman–Crippen MR) is 85.5 cm³/mol. The molecule has 0 aliphatic carbocycles. The summed E-state index contributed by atoms with van der Waals surface area (Å²) in [4.78, 5) is 11.8. The van der Waals surface area contributed by atoms with Crippen molar-refractivity contribution in [3.8, 4) is 5.75 Å². The Morgan fingerprint density at radius 3 is 2.55 bits per heavy atom. The maximum atomic E-state index is 11.8. The second-order valence-corrected chi connectivity index (χ2v) is 5.51. The smallest absolute Gasteiger partial charge is 0.314 e. The average Bonchev–Trinajstić information content (AvgIpc) is 2.47. The normalized spacial score (nSPS) is 12.5. The zero-order chi connectivity index (χ0) is 16.4. The number of hydrogen-bond acceptors (Lipinski definition) is 5. The number of benzene rings is 1. The highest BCUT2D eigenvalue weighted by molar-refractivity contribution is 5.89. The molecular formula is C17H25NO4. The molecule has 22 heavy (non-hydrogen) atoms. The number of carbonyl (C=O) groups excluding carboxylic acids is 1. The summed E-state index contributed by atoms with van der Waals surface area (Å²) in [6.07, 6.45) is 3.24. The largest absolute Gasteiger partial charge is 0.494 e. The van der Waals surface area contributed by atoms with E-state index in [0.29, 0.717) is 13.0 Å². The summed E-state index contributed by atoms with van der Waals surface area (Å²) < 4.78 is 10.8. The lowest BCUT2D eigenvalue weighted by molar-refractivity contribution is -0.150. The van der Waals surface area contributed by atoms with Crippen LogP contribution in [0.4, 0.5) is 0 Å². The molecule has 1 N–H and O–H groups in total. The van der Waals surface area contributed by atoms with E-state index >= 15 is 0 Å². The molecule has 0 bridgehead atoms. The average molecular weight is 307 g/mol. The minimum Gasteiger partial charge on any atom is -0.494 e. The molecule has 122 valence electrons. The van der Waals surface area contributed by atoms with Gasteiger partial charge >= 0.3 is 5.97 Å². The van der Waals surface area contributed by atoms with Crippen molar-refractivity contribution in [2.45, 2.75) is 46.1 Å². The molecule has 0 radical (unpaired) electrons. The van der Waals surface area contributed by atoms with Gasteiger partial charge in [0.05, 0.1) is 24.8 Å². The Labute approximate surface area is 131 Å². The number of hydrogen-bond donors (Lipinski definition) is 1. The van der Waals surface area contributed by atoms with E-state index in [0.717, 1.165) is 18.6 Å². The van der Waals surface area contributed by atoms with Crippen LogP contribution in [0.1, 0.15) is 38.7 Å². The van der Waals surface area contributed by atoms with Gasteiger partial charge in [-0.05, 0) is 52.2 Å². The van der Waals surface area contributed by atoms with Crippen molar-refractivity contribution in [2.75, 3.05) is 6.61 Å². The summed E-state index contributed by atoms with van der Waals surface area (Å²) in [5.74, 6) is -0.0164. The van der Waals surface area contributed by atoms with E-state index in [2.05, 4.69) is 5.16 Å². The Morgan fingerprint density at radius 2 is 1.95 bits per heavy atom. The van der Waals surface area contributed by atoms with Crippen LogP contribution >= 0.6 is 0 Å². The molecule has 0 saturated carbocycles. The van der Waals surface area contributed by atoms with E-state index in [1.54, 1.807) is 13.8 Å². The van der Waals surface area contributed by atoms with Crippen molar-refractivity contribution in [3.63, 3.8) is 0 Å². The third kappa shape index (κ3) is 7.11. The van der Waals surface area contributed by atoms with Crippen LogP contribution < -0.4 is 4.74 Å². The molecule has 1 rings (SSSR count). The second-order valence-electron chi connectivity index (χ2n) is 5.51. The Hall–Kier alpha value is -2.04. The van der Waals surface area contributed by atoms with Crippen LogP contribution in [0.5, 0.6) is 5.75 Å². The number of nitrogens with zero attached hydrogens (tertiary/aromatic N) is 1. The van der Waals surface area contributed by atoms with Crippen LogP contribution in [-0.4, -0.2) is 30.1 Å². The number of rotatable bonds is 9. The van der Waals surface area contributed by atoms with Crippen molar-refractivity contribution < 1.29 is 19.5 Å². The molecule has 1 atom stereocenters. The van der Waals surface area contributed by atoms with Crippen molar-refractivity contribution in [2.24, 2.45) is 11.1 Å². The topological polar surface area (TPSA) is 68.1 Å². The molecule has 0 aliphatic heterocycles. The van der Waals surface area contributed by atoms with Gasteiger partial charge in [-0.25, -0.2) is 0 Å². The summed E-state index contributed by atoms with van der Waals surface area (Å²) in [6.45, 7) is 6.20. The van der Waals surface area contributed by atoms with Gasteiger partial charge in [0.15, 0.2) is 0 Å². The fraction of sp³-hybridized carbons (Fsp3) is 0.529. The zero-order valence-electron chi connectivity index (χ0n) is 13.5. The van der Waals surface area contributed by atoms with Crippen LogP contribution in [0.15, 0.2) is 29.4 Å². The zero-order valence-corrected chi connectivity index (χ0v) is 13.5. The van der Waals surface area contributed by atoms with Gasteiger partial charge in [-0.2, -0.15) is 0 Å². The third-order valence-corrected chi connectivity index (χ3v) is 3.10. The minimum atomic E-state index is -0.508. The molecule has 1 aromatic carbocycles. The quantitative estimate of drug-likeness (QED) is 0.249. The summed E-state index contributed by atoms with van der Waals surface area (Å²) in [6, 6.07) is 7.89. The van der Waals surface area contributed by atoms with Crippen LogP contribution in [0.2, 0.25) is 0 Å². The minimum absolute atomic E-state index is 0.174. The fourth-order valence-electron chi connectivity index (χ4n) is 1.94. The molecule has 0 heterocycles. The van der Waals surface area contributed by atoms with Gasteiger partial charge in [0, 0.05) is 0 Å². The van der Waals surface area contributed by atoms with E-state index in [1.807, 2.05) is 31.2 Å². The summed E-state index contributed by atoms with van der Waals surface area (Å²) in [5.41, 5.74) is 1.20. The molecule has 0 fully saturated rings. The van der Waals surface area contributed by atoms with Crippen molar-refractivity contribution in [1.29, 1.82) is 0 Å². The van der Waals surface area contributed by atoms with E-state index < -0.39 is 5.92 Å². The van der Waals surface area contributed by atoms with E-state index in [4.69, 9.17) is 14.7 Å². The molecule has 1 unspecified atom stereocenters. The lowest BCUT2D eigenvalue weighted by atomic mass is 10.0. The second kappa shape index (κ2) is 9.82. The first kappa shape index (κ1) is 18.0. The summed E-state index contributed by atoms with van der Waals surface area (Å²) in [5, 5.41) is 11.6. The Bertz CT molecular complexity index is 468. The van der Waals surface area contributed by atoms with Crippen LogP contribution in [-0.2, 0) is 9.53 Å². The van der Waals surface area contributed by atoms with Gasteiger partial charge in [-0.1, -0.05) is 17.7 Å². The summed E-state index contributed by atoms with van der Waals surface area (Å²) in [7, 11) is 0. The van der Waals surface area contributed by atoms with Crippen LogP contribution in [0.25, 0.3) is 0 Å². The number of carbonyl (C=O) groups is 1. The Morgan fingerprint density at radius 1 is 1.27 bits per heavy atom. The highest BCUT2D eigenvalue weighted by Crippen LogP contribution is 2.14. The number of oxime groups is 1. The highest BCUT2D eigenvalue weighted by Gasteiger charge is 2.19. The lowest BCUT2D eigenvalue weighted by Crippen LogP contribution is -2.22. The molecule has 1 aromatic rings.